The zero-order valence-electron chi connectivity index (χ0n) is 16.8. The quantitative estimate of drug-likeness (QED) is 0.660. The summed E-state index contributed by atoms with van der Waals surface area (Å²) in [5.41, 5.74) is 6.61. The fourth-order valence-corrected chi connectivity index (χ4v) is 3.74. The van der Waals surface area contributed by atoms with Crippen LogP contribution in [0.5, 0.6) is 5.75 Å². The van der Waals surface area contributed by atoms with Gasteiger partial charge in [0.05, 0.1) is 6.10 Å². The molecule has 2 atom stereocenters. The zero-order chi connectivity index (χ0) is 19.8. The second-order valence-electron chi connectivity index (χ2n) is 7.60. The van der Waals surface area contributed by atoms with Crippen LogP contribution in [0.2, 0.25) is 0 Å². The Bertz CT molecular complexity index is 621. The number of hydrogen-bond donors (Lipinski definition) is 2. The molecule has 7 nitrogen and oxygen atoms in total. The van der Waals surface area contributed by atoms with E-state index in [1.807, 2.05) is 24.3 Å². The Morgan fingerprint density at radius 3 is 2.86 bits per heavy atom. The van der Waals surface area contributed by atoms with Crippen molar-refractivity contribution < 1.29 is 19.0 Å². The van der Waals surface area contributed by atoms with E-state index in [4.69, 9.17) is 19.9 Å². The molecule has 2 fully saturated rings. The Morgan fingerprint density at radius 1 is 1.29 bits per heavy atom. The Hall–Kier alpha value is -1.67. The van der Waals surface area contributed by atoms with Crippen LogP contribution >= 0.6 is 0 Å². The highest BCUT2D eigenvalue weighted by Crippen LogP contribution is 2.19. The van der Waals surface area contributed by atoms with E-state index in [1.165, 1.54) is 0 Å². The zero-order valence-corrected chi connectivity index (χ0v) is 16.8. The number of carbonyl (C=O) groups excluding carboxylic acids is 1. The third-order valence-electron chi connectivity index (χ3n) is 5.55. The van der Waals surface area contributed by atoms with Gasteiger partial charge in [0.1, 0.15) is 18.5 Å². The first-order valence-electron chi connectivity index (χ1n) is 10.3. The molecule has 2 saturated heterocycles. The number of benzene rings is 1. The normalized spacial score (nSPS) is 23.1. The van der Waals surface area contributed by atoms with Crippen LogP contribution < -0.4 is 15.8 Å². The Kier molecular flexibility index (Phi) is 8.09. The molecular weight excluding hydrogens is 358 g/mol. The van der Waals surface area contributed by atoms with Gasteiger partial charge < -0.3 is 25.3 Å². The minimum atomic E-state index is -0.381. The molecule has 2 heterocycles. The number of likely N-dealkylation sites (N-methyl/N-ethyl adjacent to an activating group) is 1. The molecule has 0 spiro atoms. The third-order valence-corrected chi connectivity index (χ3v) is 5.55. The molecule has 0 radical (unpaired) electrons. The molecule has 3 N–H and O–H groups in total. The molecule has 0 aromatic heterocycles. The van der Waals surface area contributed by atoms with Crippen LogP contribution in [-0.4, -0.2) is 69.0 Å². The van der Waals surface area contributed by atoms with E-state index in [1.54, 1.807) is 0 Å². The average molecular weight is 392 g/mol. The Labute approximate surface area is 167 Å². The van der Waals surface area contributed by atoms with Crippen molar-refractivity contribution in [3.05, 3.63) is 29.8 Å². The van der Waals surface area contributed by atoms with Gasteiger partial charge in [-0.15, -0.1) is 0 Å². The topological polar surface area (TPSA) is 86.1 Å². The second-order valence-corrected chi connectivity index (χ2v) is 7.60. The lowest BCUT2D eigenvalue weighted by Gasteiger charge is -2.31. The van der Waals surface area contributed by atoms with Gasteiger partial charge in [-0.25, -0.2) is 0 Å². The molecule has 1 aromatic carbocycles. The maximum absolute atomic E-state index is 12.2. The van der Waals surface area contributed by atoms with Crippen molar-refractivity contribution >= 4 is 5.91 Å². The molecular formula is C21H33N3O4. The van der Waals surface area contributed by atoms with Gasteiger partial charge in [-0.1, -0.05) is 12.1 Å². The van der Waals surface area contributed by atoms with Gasteiger partial charge in [0.2, 0.25) is 5.91 Å². The van der Waals surface area contributed by atoms with E-state index in [0.717, 1.165) is 56.8 Å². The molecule has 1 aromatic rings. The van der Waals surface area contributed by atoms with Crippen molar-refractivity contribution in [1.29, 1.82) is 0 Å². The van der Waals surface area contributed by atoms with Gasteiger partial charge in [-0.2, -0.15) is 0 Å². The SMILES string of the molecule is CN(CCOc1cccc(CNC(=O)[C@@H]2CC[C@H](CN)O2)c1)C1CCOCC1. The molecule has 2 aliphatic rings. The van der Waals surface area contributed by atoms with Gasteiger partial charge in [0.25, 0.3) is 0 Å². The van der Waals surface area contributed by atoms with Crippen LogP contribution in [-0.2, 0) is 20.8 Å². The average Bonchev–Trinajstić information content (AvgIpc) is 3.22. The van der Waals surface area contributed by atoms with E-state index in [0.29, 0.717) is 25.7 Å². The van der Waals surface area contributed by atoms with Gasteiger partial charge in [-0.3, -0.25) is 9.69 Å². The number of amides is 1. The lowest BCUT2D eigenvalue weighted by atomic mass is 10.1. The largest absolute Gasteiger partial charge is 0.492 e. The summed E-state index contributed by atoms with van der Waals surface area (Å²) in [5.74, 6) is 0.757. The number of nitrogens with zero attached hydrogens (tertiary/aromatic N) is 1. The van der Waals surface area contributed by atoms with Gasteiger partial charge >= 0.3 is 0 Å². The Balaban J connectivity index is 1.39. The maximum atomic E-state index is 12.2. The van der Waals surface area contributed by atoms with Crippen LogP contribution in [0.1, 0.15) is 31.2 Å². The summed E-state index contributed by atoms with van der Waals surface area (Å²) in [5, 5.41) is 2.95. The van der Waals surface area contributed by atoms with Crippen molar-refractivity contribution in [2.75, 3.05) is 40.0 Å². The van der Waals surface area contributed by atoms with Crippen LogP contribution in [0.3, 0.4) is 0 Å². The van der Waals surface area contributed by atoms with Crippen molar-refractivity contribution in [1.82, 2.24) is 10.2 Å². The number of nitrogens with one attached hydrogen (secondary N) is 1. The first-order valence-corrected chi connectivity index (χ1v) is 10.3. The number of rotatable bonds is 9. The highest BCUT2D eigenvalue weighted by Gasteiger charge is 2.29. The Morgan fingerprint density at radius 2 is 2.11 bits per heavy atom. The smallest absolute Gasteiger partial charge is 0.249 e. The standard InChI is InChI=1S/C21H33N3O4/c1-24(17-7-10-26-11-8-17)9-12-27-18-4-2-3-16(13-18)15-23-21(25)20-6-5-19(14-22)28-20/h2-4,13,17,19-20H,5-12,14-15,22H2,1H3,(H,23,25)/t19-,20+/m1/s1. The monoisotopic (exact) mass is 391 g/mol. The van der Waals surface area contributed by atoms with Crippen LogP contribution in [0.4, 0.5) is 0 Å². The molecule has 0 aliphatic carbocycles. The molecule has 7 heteroatoms. The van der Waals surface area contributed by atoms with Crippen molar-refractivity contribution in [3.63, 3.8) is 0 Å². The first kappa shape index (κ1) is 21.0. The molecule has 1 amide bonds. The minimum absolute atomic E-state index is 0.00625. The van der Waals surface area contributed by atoms with Crippen LogP contribution in [0.25, 0.3) is 0 Å². The second kappa shape index (κ2) is 10.8. The van der Waals surface area contributed by atoms with Crippen molar-refractivity contribution in [2.45, 2.75) is 50.5 Å². The lowest BCUT2D eigenvalue weighted by Crippen LogP contribution is -2.38. The number of carbonyl (C=O) groups is 1. The van der Waals surface area contributed by atoms with E-state index in [9.17, 15) is 4.79 Å². The fourth-order valence-electron chi connectivity index (χ4n) is 3.74. The van der Waals surface area contributed by atoms with Gasteiger partial charge in [0.15, 0.2) is 0 Å². The summed E-state index contributed by atoms with van der Waals surface area (Å²) in [6, 6.07) is 8.45. The van der Waals surface area contributed by atoms with Crippen molar-refractivity contribution in [3.8, 4) is 5.75 Å². The molecule has 2 aliphatic heterocycles. The molecule has 0 bridgehead atoms. The molecule has 0 unspecified atom stereocenters. The van der Waals surface area contributed by atoms with Gasteiger partial charge in [0, 0.05) is 38.9 Å². The van der Waals surface area contributed by atoms with Crippen molar-refractivity contribution in [2.24, 2.45) is 5.73 Å². The summed E-state index contributed by atoms with van der Waals surface area (Å²) >= 11 is 0. The molecule has 28 heavy (non-hydrogen) atoms. The predicted octanol–water partition coefficient (Wildman–Crippen LogP) is 1.30. The summed E-state index contributed by atoms with van der Waals surface area (Å²) in [4.78, 5) is 14.6. The highest BCUT2D eigenvalue weighted by atomic mass is 16.5. The molecule has 0 saturated carbocycles. The summed E-state index contributed by atoms with van der Waals surface area (Å²) < 4.78 is 17.0. The fraction of sp³-hybridized carbons (Fsp3) is 0.667. The molecule has 3 rings (SSSR count). The number of ether oxygens (including phenoxy) is 3. The molecule has 156 valence electrons. The van der Waals surface area contributed by atoms with Crippen LogP contribution in [0.15, 0.2) is 24.3 Å². The van der Waals surface area contributed by atoms with E-state index in [2.05, 4.69) is 17.3 Å². The lowest BCUT2D eigenvalue weighted by molar-refractivity contribution is -0.132. The van der Waals surface area contributed by atoms with E-state index < -0.39 is 0 Å². The van der Waals surface area contributed by atoms with E-state index >= 15 is 0 Å². The number of hydrogen-bond acceptors (Lipinski definition) is 6. The van der Waals surface area contributed by atoms with E-state index in [-0.39, 0.29) is 18.1 Å². The maximum Gasteiger partial charge on any atom is 0.249 e. The van der Waals surface area contributed by atoms with Crippen LogP contribution in [0, 0.1) is 0 Å². The first-order chi connectivity index (χ1) is 13.7. The minimum Gasteiger partial charge on any atom is -0.492 e. The summed E-state index contributed by atoms with van der Waals surface area (Å²) in [6.45, 7) is 4.15. The highest BCUT2D eigenvalue weighted by molar-refractivity contribution is 5.81. The summed E-state index contributed by atoms with van der Waals surface area (Å²) in [6.07, 6.45) is 3.38. The predicted molar refractivity (Wildman–Crippen MR) is 107 cm³/mol. The summed E-state index contributed by atoms with van der Waals surface area (Å²) in [7, 11) is 2.14. The van der Waals surface area contributed by atoms with Gasteiger partial charge in [-0.05, 0) is 50.4 Å². The third kappa shape index (κ3) is 6.17. The number of nitrogens with two attached hydrogens (primary N) is 1.